The quantitative estimate of drug-likeness (QED) is 0.735. The van der Waals surface area contributed by atoms with Crippen LogP contribution in [0.5, 0.6) is 0 Å². The number of hydrogen-bond acceptors (Lipinski definition) is 6. The first-order valence-corrected chi connectivity index (χ1v) is 6.28. The van der Waals surface area contributed by atoms with Crippen molar-refractivity contribution in [1.29, 1.82) is 0 Å². The Balaban J connectivity index is 1.68. The molecule has 3 rings (SSSR count). The first-order chi connectivity index (χ1) is 8.27. The molecule has 0 amide bonds. The largest absolute Gasteiger partial charge is 0.387 e. The first-order valence-electron chi connectivity index (χ1n) is 6.28. The van der Waals surface area contributed by atoms with Crippen LogP contribution in [0.4, 0.5) is 0 Å². The predicted octanol–water partition coefficient (Wildman–Crippen LogP) is 0.375. The molecule has 3 heterocycles. The third-order valence-electron chi connectivity index (χ3n) is 3.45. The third-order valence-corrected chi connectivity index (χ3v) is 3.45. The summed E-state index contributed by atoms with van der Waals surface area (Å²) in [4.78, 5) is 0. The minimum absolute atomic E-state index is 0.295. The van der Waals surface area contributed by atoms with Crippen molar-refractivity contribution >= 4 is 0 Å². The van der Waals surface area contributed by atoms with Gasteiger partial charge in [0.15, 0.2) is 17.9 Å². The fraction of sp³-hybridized carbons (Fsp3) is 1.00. The Morgan fingerprint density at radius 3 is 2.22 bits per heavy atom. The van der Waals surface area contributed by atoms with Crippen molar-refractivity contribution in [2.75, 3.05) is 6.61 Å². The average molecular weight is 260 g/mol. The van der Waals surface area contributed by atoms with E-state index in [2.05, 4.69) is 0 Å². The Morgan fingerprint density at radius 2 is 1.67 bits per heavy atom. The second-order valence-electron chi connectivity index (χ2n) is 5.93. The molecule has 0 radical (unpaired) electrons. The predicted molar refractivity (Wildman–Crippen MR) is 59.6 cm³/mol. The SMILES string of the molecule is CC1(C)O[C@H]2O[C@@H]([C@H]3COC(C)(C)O3)[C@H](O)[C@H]2O1. The van der Waals surface area contributed by atoms with Gasteiger partial charge in [0.25, 0.3) is 0 Å². The number of aliphatic hydroxyl groups excluding tert-OH is 1. The summed E-state index contributed by atoms with van der Waals surface area (Å²) >= 11 is 0. The summed E-state index contributed by atoms with van der Waals surface area (Å²) in [5.41, 5.74) is 0. The van der Waals surface area contributed by atoms with Gasteiger partial charge in [-0.25, -0.2) is 0 Å². The maximum absolute atomic E-state index is 10.3. The van der Waals surface area contributed by atoms with Crippen LogP contribution in [0.1, 0.15) is 27.7 Å². The van der Waals surface area contributed by atoms with Crippen LogP contribution in [-0.2, 0) is 23.7 Å². The topological polar surface area (TPSA) is 66.4 Å². The van der Waals surface area contributed by atoms with Gasteiger partial charge in [-0.05, 0) is 27.7 Å². The minimum atomic E-state index is -0.765. The van der Waals surface area contributed by atoms with Gasteiger partial charge in [-0.15, -0.1) is 0 Å². The monoisotopic (exact) mass is 260 g/mol. The molecule has 3 aliphatic heterocycles. The van der Waals surface area contributed by atoms with Crippen LogP contribution in [0.3, 0.4) is 0 Å². The summed E-state index contributed by atoms with van der Waals surface area (Å²) in [5, 5.41) is 10.3. The van der Waals surface area contributed by atoms with Gasteiger partial charge in [0.05, 0.1) is 6.61 Å². The Kier molecular flexibility index (Phi) is 2.75. The number of ether oxygens (including phenoxy) is 5. The van der Waals surface area contributed by atoms with Crippen LogP contribution in [0.25, 0.3) is 0 Å². The second kappa shape index (κ2) is 3.88. The number of rotatable bonds is 1. The van der Waals surface area contributed by atoms with Crippen molar-refractivity contribution in [3.8, 4) is 0 Å². The van der Waals surface area contributed by atoms with Crippen molar-refractivity contribution < 1.29 is 28.8 Å². The molecule has 0 aliphatic carbocycles. The van der Waals surface area contributed by atoms with Gasteiger partial charge in [0.1, 0.15) is 24.4 Å². The Hall–Kier alpha value is -0.240. The lowest BCUT2D eigenvalue weighted by atomic mass is 10.1. The van der Waals surface area contributed by atoms with Crippen molar-refractivity contribution in [1.82, 2.24) is 0 Å². The van der Waals surface area contributed by atoms with Gasteiger partial charge in [-0.1, -0.05) is 0 Å². The molecule has 0 aromatic carbocycles. The standard InChI is InChI=1S/C12H20O6/c1-11(2)14-5-6(16-11)8-7(13)9-10(15-8)18-12(3,4)17-9/h6-10,13H,5H2,1-4H3/t6-,7+,8+,9-,10-/m1/s1. The molecular formula is C12H20O6. The molecule has 3 fully saturated rings. The molecule has 0 aromatic rings. The van der Waals surface area contributed by atoms with Gasteiger partial charge in [-0.3, -0.25) is 0 Å². The van der Waals surface area contributed by atoms with Crippen LogP contribution in [0, 0.1) is 0 Å². The fourth-order valence-electron chi connectivity index (χ4n) is 2.70. The fourth-order valence-corrected chi connectivity index (χ4v) is 2.70. The summed E-state index contributed by atoms with van der Waals surface area (Å²) in [6.45, 7) is 7.68. The molecule has 3 saturated heterocycles. The highest BCUT2D eigenvalue weighted by molar-refractivity contribution is 4.97. The van der Waals surface area contributed by atoms with Gasteiger partial charge in [0.2, 0.25) is 0 Å². The Labute approximate surface area is 106 Å². The van der Waals surface area contributed by atoms with E-state index in [1.54, 1.807) is 13.8 Å². The Morgan fingerprint density at radius 1 is 0.944 bits per heavy atom. The van der Waals surface area contributed by atoms with E-state index in [-0.39, 0.29) is 6.10 Å². The smallest absolute Gasteiger partial charge is 0.190 e. The number of aliphatic hydroxyl groups is 1. The lowest BCUT2D eigenvalue weighted by Crippen LogP contribution is -2.42. The third kappa shape index (κ3) is 2.07. The van der Waals surface area contributed by atoms with Gasteiger partial charge < -0.3 is 28.8 Å². The van der Waals surface area contributed by atoms with E-state index in [9.17, 15) is 5.11 Å². The first kappa shape index (κ1) is 12.8. The van der Waals surface area contributed by atoms with Crippen LogP contribution in [0.2, 0.25) is 0 Å². The van der Waals surface area contributed by atoms with Crippen molar-refractivity contribution in [2.24, 2.45) is 0 Å². The van der Waals surface area contributed by atoms with Gasteiger partial charge in [0, 0.05) is 0 Å². The van der Waals surface area contributed by atoms with Crippen LogP contribution >= 0.6 is 0 Å². The number of fused-ring (bicyclic) bond motifs is 1. The van der Waals surface area contributed by atoms with Crippen molar-refractivity contribution in [3.05, 3.63) is 0 Å². The van der Waals surface area contributed by atoms with E-state index in [1.165, 1.54) is 0 Å². The molecule has 3 aliphatic rings. The van der Waals surface area contributed by atoms with Crippen molar-refractivity contribution in [3.63, 3.8) is 0 Å². The molecule has 0 aromatic heterocycles. The molecule has 18 heavy (non-hydrogen) atoms. The van der Waals surface area contributed by atoms with E-state index < -0.39 is 36.2 Å². The lowest BCUT2D eigenvalue weighted by molar-refractivity contribution is -0.232. The molecule has 6 heteroatoms. The zero-order valence-electron chi connectivity index (χ0n) is 11.1. The van der Waals surface area contributed by atoms with E-state index >= 15 is 0 Å². The highest BCUT2D eigenvalue weighted by Gasteiger charge is 2.57. The minimum Gasteiger partial charge on any atom is -0.387 e. The molecule has 5 atom stereocenters. The van der Waals surface area contributed by atoms with E-state index in [4.69, 9.17) is 23.7 Å². The van der Waals surface area contributed by atoms with E-state index in [0.717, 1.165) is 0 Å². The maximum atomic E-state index is 10.3. The van der Waals surface area contributed by atoms with E-state index in [1.807, 2.05) is 13.8 Å². The summed E-state index contributed by atoms with van der Waals surface area (Å²) in [6.07, 6.45) is -2.53. The highest BCUT2D eigenvalue weighted by atomic mass is 16.8. The average Bonchev–Trinajstić information content (AvgIpc) is 2.81. The Bertz CT molecular complexity index is 341. The zero-order chi connectivity index (χ0) is 13.1. The molecule has 104 valence electrons. The maximum Gasteiger partial charge on any atom is 0.190 e. The second-order valence-corrected chi connectivity index (χ2v) is 5.93. The highest BCUT2D eigenvalue weighted by Crippen LogP contribution is 2.40. The molecule has 1 N–H and O–H groups in total. The molecular weight excluding hydrogens is 240 g/mol. The molecule has 0 saturated carbocycles. The van der Waals surface area contributed by atoms with Gasteiger partial charge >= 0.3 is 0 Å². The lowest BCUT2D eigenvalue weighted by Gasteiger charge is -2.26. The molecule has 6 nitrogen and oxygen atoms in total. The van der Waals surface area contributed by atoms with E-state index in [0.29, 0.717) is 6.61 Å². The summed E-state index contributed by atoms with van der Waals surface area (Å²) in [5.74, 6) is -1.35. The zero-order valence-corrected chi connectivity index (χ0v) is 11.1. The van der Waals surface area contributed by atoms with Gasteiger partial charge in [-0.2, -0.15) is 0 Å². The van der Waals surface area contributed by atoms with Crippen LogP contribution < -0.4 is 0 Å². The summed E-state index contributed by atoms with van der Waals surface area (Å²) < 4.78 is 28.1. The normalized spacial score (nSPS) is 49.5. The van der Waals surface area contributed by atoms with Crippen molar-refractivity contribution in [2.45, 2.75) is 70.0 Å². The summed E-state index contributed by atoms with van der Waals surface area (Å²) in [7, 11) is 0. The molecule has 0 bridgehead atoms. The summed E-state index contributed by atoms with van der Waals surface area (Å²) in [6, 6.07) is 0. The number of hydrogen-bond donors (Lipinski definition) is 1. The molecule has 0 spiro atoms. The van der Waals surface area contributed by atoms with Crippen LogP contribution in [0.15, 0.2) is 0 Å². The van der Waals surface area contributed by atoms with Crippen LogP contribution in [-0.4, -0.2) is 54.0 Å². The molecule has 0 unspecified atom stereocenters.